The maximum Gasteiger partial charge on any atom is 0.158 e. The summed E-state index contributed by atoms with van der Waals surface area (Å²) >= 11 is 0. The average molecular weight is 258 g/mol. The molecule has 0 unspecified atom stereocenters. The second kappa shape index (κ2) is 6.15. The van der Waals surface area contributed by atoms with E-state index in [1.54, 1.807) is 13.2 Å². The van der Waals surface area contributed by atoms with Crippen molar-refractivity contribution in [3.05, 3.63) is 41.7 Å². The quantitative estimate of drug-likeness (QED) is 0.862. The molecule has 0 bridgehead atoms. The number of anilines is 3. The van der Waals surface area contributed by atoms with Crippen LogP contribution in [-0.2, 0) is 17.8 Å². The summed E-state index contributed by atoms with van der Waals surface area (Å²) in [6, 6.07) is 9.90. The Kier molecular flexibility index (Phi) is 4.30. The minimum atomic E-state index is 0.342. The van der Waals surface area contributed by atoms with Crippen molar-refractivity contribution in [1.82, 2.24) is 9.97 Å². The molecule has 5 nitrogen and oxygen atoms in total. The topological polar surface area (TPSA) is 73.1 Å². The number of methoxy groups -OCH3 is 1. The third-order valence-electron chi connectivity index (χ3n) is 2.67. The van der Waals surface area contributed by atoms with E-state index in [2.05, 4.69) is 34.3 Å². The summed E-state index contributed by atoms with van der Waals surface area (Å²) in [6.45, 7) is 2.47. The summed E-state index contributed by atoms with van der Waals surface area (Å²) < 4.78 is 5.02. The fourth-order valence-corrected chi connectivity index (χ4v) is 1.79. The van der Waals surface area contributed by atoms with E-state index in [-0.39, 0.29) is 0 Å². The lowest BCUT2D eigenvalue weighted by molar-refractivity contribution is 0.178. The minimum absolute atomic E-state index is 0.342. The van der Waals surface area contributed by atoms with Gasteiger partial charge in [0.1, 0.15) is 18.2 Å². The molecule has 5 heteroatoms. The van der Waals surface area contributed by atoms with E-state index in [9.17, 15) is 0 Å². The molecule has 1 aromatic heterocycles. The molecule has 1 aromatic carbocycles. The molecule has 2 rings (SSSR count). The normalized spacial score (nSPS) is 10.4. The Morgan fingerprint density at radius 1 is 1.26 bits per heavy atom. The van der Waals surface area contributed by atoms with Gasteiger partial charge in [-0.25, -0.2) is 9.97 Å². The highest BCUT2D eigenvalue weighted by atomic mass is 16.5. The van der Waals surface area contributed by atoms with Crippen LogP contribution in [0.2, 0.25) is 0 Å². The monoisotopic (exact) mass is 258 g/mol. The molecule has 0 aliphatic rings. The van der Waals surface area contributed by atoms with Crippen molar-refractivity contribution < 1.29 is 4.74 Å². The maximum atomic E-state index is 5.75. The van der Waals surface area contributed by atoms with Crippen molar-refractivity contribution in [3.63, 3.8) is 0 Å². The van der Waals surface area contributed by atoms with Gasteiger partial charge in [-0.15, -0.1) is 0 Å². The molecule has 0 amide bonds. The number of nitrogens with zero attached hydrogens (tertiary/aromatic N) is 2. The Hall–Kier alpha value is -2.14. The van der Waals surface area contributed by atoms with Gasteiger partial charge in [0.05, 0.1) is 0 Å². The van der Waals surface area contributed by atoms with Gasteiger partial charge in [-0.1, -0.05) is 19.1 Å². The highest BCUT2D eigenvalue weighted by Crippen LogP contribution is 2.18. The molecule has 0 atom stereocenters. The summed E-state index contributed by atoms with van der Waals surface area (Å²) in [5.74, 6) is 1.67. The minimum Gasteiger partial charge on any atom is -0.384 e. The summed E-state index contributed by atoms with van der Waals surface area (Å²) in [5.41, 5.74) is 8.01. The molecule has 100 valence electrons. The third-order valence-corrected chi connectivity index (χ3v) is 2.67. The van der Waals surface area contributed by atoms with Gasteiger partial charge in [-0.2, -0.15) is 0 Å². The predicted octanol–water partition coefficient (Wildman–Crippen LogP) is 2.51. The first-order valence-corrected chi connectivity index (χ1v) is 6.19. The fourth-order valence-electron chi connectivity index (χ4n) is 1.79. The van der Waals surface area contributed by atoms with Gasteiger partial charge in [-0.3, -0.25) is 0 Å². The SMILES string of the molecule is CCc1cccc(Nc2cc(N)nc(COC)n2)c1. The predicted molar refractivity (Wildman–Crippen MR) is 76.3 cm³/mol. The second-order valence-electron chi connectivity index (χ2n) is 4.21. The average Bonchev–Trinajstić information content (AvgIpc) is 2.38. The lowest BCUT2D eigenvalue weighted by Crippen LogP contribution is -2.04. The van der Waals surface area contributed by atoms with Gasteiger partial charge >= 0.3 is 0 Å². The Morgan fingerprint density at radius 2 is 2.11 bits per heavy atom. The highest BCUT2D eigenvalue weighted by molar-refractivity contribution is 5.59. The molecular weight excluding hydrogens is 240 g/mol. The van der Waals surface area contributed by atoms with Gasteiger partial charge in [-0.05, 0) is 24.1 Å². The molecule has 3 N–H and O–H groups in total. The summed E-state index contributed by atoms with van der Waals surface area (Å²) in [7, 11) is 1.60. The number of nitrogens with two attached hydrogens (primary N) is 1. The Labute approximate surface area is 112 Å². The van der Waals surface area contributed by atoms with E-state index in [0.717, 1.165) is 12.1 Å². The molecular formula is C14H18N4O. The summed E-state index contributed by atoms with van der Waals surface area (Å²) in [6.07, 6.45) is 0.996. The van der Waals surface area contributed by atoms with Gasteiger partial charge in [0.2, 0.25) is 0 Å². The van der Waals surface area contributed by atoms with Gasteiger partial charge in [0.15, 0.2) is 5.82 Å². The van der Waals surface area contributed by atoms with E-state index in [1.165, 1.54) is 5.56 Å². The lowest BCUT2D eigenvalue weighted by Gasteiger charge is -2.09. The zero-order valence-corrected chi connectivity index (χ0v) is 11.2. The number of ether oxygens (including phenoxy) is 1. The molecule has 19 heavy (non-hydrogen) atoms. The fraction of sp³-hybridized carbons (Fsp3) is 0.286. The van der Waals surface area contributed by atoms with E-state index in [1.807, 2.05) is 12.1 Å². The molecule has 0 radical (unpaired) electrons. The van der Waals surface area contributed by atoms with Crippen molar-refractivity contribution in [2.45, 2.75) is 20.0 Å². The van der Waals surface area contributed by atoms with Crippen LogP contribution >= 0.6 is 0 Å². The van der Waals surface area contributed by atoms with E-state index in [4.69, 9.17) is 10.5 Å². The number of hydrogen-bond donors (Lipinski definition) is 2. The van der Waals surface area contributed by atoms with Crippen LogP contribution in [0.4, 0.5) is 17.3 Å². The van der Waals surface area contributed by atoms with Crippen LogP contribution in [0.15, 0.2) is 30.3 Å². The molecule has 0 spiro atoms. The van der Waals surface area contributed by atoms with Gasteiger partial charge in [0.25, 0.3) is 0 Å². The highest BCUT2D eigenvalue weighted by Gasteiger charge is 2.03. The molecule has 1 heterocycles. The summed E-state index contributed by atoms with van der Waals surface area (Å²) in [4.78, 5) is 8.45. The lowest BCUT2D eigenvalue weighted by atomic mass is 10.1. The number of nitrogen functional groups attached to an aromatic ring is 1. The standard InChI is InChI=1S/C14H18N4O/c1-3-10-5-4-6-11(7-10)16-13-8-12(15)17-14(18-13)9-19-2/h4-8H,3,9H2,1-2H3,(H3,15,16,17,18). The number of nitrogens with one attached hydrogen (secondary N) is 1. The van der Waals surface area contributed by atoms with Crippen molar-refractivity contribution >= 4 is 17.3 Å². The van der Waals surface area contributed by atoms with Crippen molar-refractivity contribution in [1.29, 1.82) is 0 Å². The van der Waals surface area contributed by atoms with Crippen LogP contribution in [0.25, 0.3) is 0 Å². The second-order valence-corrected chi connectivity index (χ2v) is 4.21. The smallest absolute Gasteiger partial charge is 0.158 e. The van der Waals surface area contributed by atoms with Crippen LogP contribution in [0.3, 0.4) is 0 Å². The van der Waals surface area contributed by atoms with Crippen LogP contribution in [0.5, 0.6) is 0 Å². The maximum absolute atomic E-state index is 5.75. The third kappa shape index (κ3) is 3.66. The Morgan fingerprint density at radius 3 is 2.84 bits per heavy atom. The Bertz CT molecular complexity index is 557. The molecule has 2 aromatic rings. The van der Waals surface area contributed by atoms with E-state index in [0.29, 0.717) is 24.1 Å². The first-order chi connectivity index (χ1) is 9.21. The Balaban J connectivity index is 2.22. The van der Waals surface area contributed by atoms with Crippen LogP contribution in [0.1, 0.15) is 18.3 Å². The van der Waals surface area contributed by atoms with Crippen molar-refractivity contribution in [2.75, 3.05) is 18.2 Å². The van der Waals surface area contributed by atoms with Crippen LogP contribution in [0, 0.1) is 0 Å². The van der Waals surface area contributed by atoms with Crippen LogP contribution < -0.4 is 11.1 Å². The number of hydrogen-bond acceptors (Lipinski definition) is 5. The van der Waals surface area contributed by atoms with Gasteiger partial charge < -0.3 is 15.8 Å². The molecule has 0 fully saturated rings. The van der Waals surface area contributed by atoms with Crippen LogP contribution in [-0.4, -0.2) is 17.1 Å². The van der Waals surface area contributed by atoms with Crippen molar-refractivity contribution in [2.24, 2.45) is 0 Å². The largest absolute Gasteiger partial charge is 0.384 e. The molecule has 0 saturated heterocycles. The molecule has 0 saturated carbocycles. The zero-order valence-electron chi connectivity index (χ0n) is 11.2. The zero-order chi connectivity index (χ0) is 13.7. The summed E-state index contributed by atoms with van der Waals surface area (Å²) in [5, 5.41) is 3.23. The number of benzene rings is 1. The van der Waals surface area contributed by atoms with E-state index >= 15 is 0 Å². The van der Waals surface area contributed by atoms with Crippen molar-refractivity contribution in [3.8, 4) is 0 Å². The van der Waals surface area contributed by atoms with Gasteiger partial charge in [0, 0.05) is 18.9 Å². The number of rotatable bonds is 5. The number of aryl methyl sites for hydroxylation is 1. The first kappa shape index (κ1) is 13.3. The first-order valence-electron chi connectivity index (χ1n) is 6.19. The molecule has 0 aliphatic carbocycles. The molecule has 0 aliphatic heterocycles. The van der Waals surface area contributed by atoms with E-state index < -0.39 is 0 Å². The number of aromatic nitrogens is 2.